The second kappa shape index (κ2) is 6.11. The Bertz CT molecular complexity index is 581. The first-order valence-electron chi connectivity index (χ1n) is 6.23. The van der Waals surface area contributed by atoms with Crippen LogP contribution >= 0.6 is 15.9 Å². The summed E-state index contributed by atoms with van der Waals surface area (Å²) in [5, 5.41) is 3.46. The number of nitrogens with one attached hydrogen (secondary N) is 1. The third-order valence-corrected chi connectivity index (χ3v) is 3.60. The lowest BCUT2D eigenvalue weighted by Crippen LogP contribution is -2.03. The molecule has 100 valence electrons. The van der Waals surface area contributed by atoms with Crippen LogP contribution < -0.4 is 10.1 Å². The molecule has 0 unspecified atom stereocenters. The zero-order valence-corrected chi connectivity index (χ0v) is 13.0. The minimum absolute atomic E-state index is 0.752. The van der Waals surface area contributed by atoms with Crippen molar-refractivity contribution in [2.75, 3.05) is 12.4 Å². The molecule has 2 aromatic carbocycles. The molecular formula is C16H18BrNO. The van der Waals surface area contributed by atoms with Gasteiger partial charge in [0.15, 0.2) is 0 Å². The van der Waals surface area contributed by atoms with E-state index >= 15 is 0 Å². The number of methoxy groups -OCH3 is 1. The van der Waals surface area contributed by atoms with Crippen LogP contribution in [0.15, 0.2) is 40.9 Å². The van der Waals surface area contributed by atoms with E-state index in [-0.39, 0.29) is 0 Å². The largest absolute Gasteiger partial charge is 0.496 e. The van der Waals surface area contributed by atoms with Gasteiger partial charge in [0.25, 0.3) is 0 Å². The SMILES string of the molecule is COc1ccc(C)cc1CNc1cc(Br)ccc1C. The van der Waals surface area contributed by atoms with Gasteiger partial charge in [0.1, 0.15) is 5.75 Å². The second-order valence-corrected chi connectivity index (χ2v) is 5.54. The van der Waals surface area contributed by atoms with E-state index in [0.717, 1.165) is 22.5 Å². The first-order valence-corrected chi connectivity index (χ1v) is 7.03. The van der Waals surface area contributed by atoms with Crippen LogP contribution in [0.5, 0.6) is 5.75 Å². The molecule has 2 nitrogen and oxygen atoms in total. The minimum Gasteiger partial charge on any atom is -0.496 e. The third kappa shape index (κ3) is 3.51. The standard InChI is InChI=1S/C16H18BrNO/c1-11-4-7-16(19-3)13(8-11)10-18-15-9-14(17)6-5-12(15)2/h4-9,18H,10H2,1-3H3. The van der Waals surface area contributed by atoms with Crippen LogP contribution in [0.4, 0.5) is 5.69 Å². The summed E-state index contributed by atoms with van der Waals surface area (Å²) in [6.45, 7) is 4.94. The molecule has 0 radical (unpaired) electrons. The maximum absolute atomic E-state index is 5.39. The van der Waals surface area contributed by atoms with Crippen LogP contribution in [-0.2, 0) is 6.54 Å². The summed E-state index contributed by atoms with van der Waals surface area (Å²) < 4.78 is 6.47. The summed E-state index contributed by atoms with van der Waals surface area (Å²) in [6, 6.07) is 12.5. The maximum Gasteiger partial charge on any atom is 0.123 e. The maximum atomic E-state index is 5.39. The fourth-order valence-corrected chi connectivity index (χ4v) is 2.38. The van der Waals surface area contributed by atoms with Crippen LogP contribution in [0.25, 0.3) is 0 Å². The van der Waals surface area contributed by atoms with Gasteiger partial charge in [-0.25, -0.2) is 0 Å². The zero-order valence-electron chi connectivity index (χ0n) is 11.5. The van der Waals surface area contributed by atoms with Gasteiger partial charge in [0, 0.05) is 22.3 Å². The molecule has 0 heterocycles. The molecule has 1 N–H and O–H groups in total. The molecule has 0 fully saturated rings. The highest BCUT2D eigenvalue weighted by molar-refractivity contribution is 9.10. The summed E-state index contributed by atoms with van der Waals surface area (Å²) in [5.41, 5.74) is 4.78. The zero-order chi connectivity index (χ0) is 13.8. The van der Waals surface area contributed by atoms with Gasteiger partial charge in [-0.1, -0.05) is 39.7 Å². The van der Waals surface area contributed by atoms with E-state index in [1.807, 2.05) is 12.1 Å². The Kier molecular flexibility index (Phi) is 4.48. The Balaban J connectivity index is 2.18. The van der Waals surface area contributed by atoms with Gasteiger partial charge in [-0.2, -0.15) is 0 Å². The molecule has 0 spiro atoms. The molecule has 0 saturated heterocycles. The van der Waals surface area contributed by atoms with E-state index in [1.165, 1.54) is 16.7 Å². The number of hydrogen-bond donors (Lipinski definition) is 1. The number of halogens is 1. The van der Waals surface area contributed by atoms with Crippen molar-refractivity contribution in [2.24, 2.45) is 0 Å². The molecule has 0 aliphatic carbocycles. The minimum atomic E-state index is 0.752. The van der Waals surface area contributed by atoms with Gasteiger partial charge in [0.2, 0.25) is 0 Å². The smallest absolute Gasteiger partial charge is 0.123 e. The molecule has 2 aromatic rings. The Morgan fingerprint density at radius 3 is 2.63 bits per heavy atom. The van der Waals surface area contributed by atoms with Crippen LogP contribution in [0.3, 0.4) is 0 Å². The van der Waals surface area contributed by atoms with E-state index in [2.05, 4.69) is 59.4 Å². The van der Waals surface area contributed by atoms with Crippen molar-refractivity contribution in [2.45, 2.75) is 20.4 Å². The number of aryl methyl sites for hydroxylation is 2. The van der Waals surface area contributed by atoms with Crippen molar-refractivity contribution in [3.05, 3.63) is 57.6 Å². The van der Waals surface area contributed by atoms with Crippen molar-refractivity contribution in [3.8, 4) is 5.75 Å². The van der Waals surface area contributed by atoms with Crippen LogP contribution in [0.1, 0.15) is 16.7 Å². The Hall–Kier alpha value is -1.48. The molecule has 3 heteroatoms. The highest BCUT2D eigenvalue weighted by Gasteiger charge is 2.04. The van der Waals surface area contributed by atoms with Gasteiger partial charge in [-0.15, -0.1) is 0 Å². The van der Waals surface area contributed by atoms with Gasteiger partial charge in [-0.05, 0) is 37.6 Å². The monoisotopic (exact) mass is 319 g/mol. The molecular weight excluding hydrogens is 302 g/mol. The molecule has 0 amide bonds. The average Bonchev–Trinajstić information content (AvgIpc) is 2.40. The van der Waals surface area contributed by atoms with Gasteiger partial charge in [0.05, 0.1) is 7.11 Å². The van der Waals surface area contributed by atoms with E-state index in [4.69, 9.17) is 4.74 Å². The lowest BCUT2D eigenvalue weighted by molar-refractivity contribution is 0.410. The van der Waals surface area contributed by atoms with Crippen LogP contribution in [0, 0.1) is 13.8 Å². The van der Waals surface area contributed by atoms with Gasteiger partial charge < -0.3 is 10.1 Å². The van der Waals surface area contributed by atoms with E-state index in [0.29, 0.717) is 0 Å². The summed E-state index contributed by atoms with van der Waals surface area (Å²) >= 11 is 3.50. The molecule has 0 bridgehead atoms. The topological polar surface area (TPSA) is 21.3 Å². The summed E-state index contributed by atoms with van der Waals surface area (Å²) in [4.78, 5) is 0. The number of benzene rings is 2. The van der Waals surface area contributed by atoms with E-state index in [1.54, 1.807) is 7.11 Å². The quantitative estimate of drug-likeness (QED) is 0.883. The normalized spacial score (nSPS) is 10.3. The van der Waals surface area contributed by atoms with E-state index in [9.17, 15) is 0 Å². The third-order valence-electron chi connectivity index (χ3n) is 3.10. The van der Waals surface area contributed by atoms with Crippen LogP contribution in [0.2, 0.25) is 0 Å². The van der Waals surface area contributed by atoms with Crippen molar-refractivity contribution in [3.63, 3.8) is 0 Å². The molecule has 0 atom stereocenters. The van der Waals surface area contributed by atoms with Crippen molar-refractivity contribution in [1.29, 1.82) is 0 Å². The summed E-state index contributed by atoms with van der Waals surface area (Å²) in [7, 11) is 1.71. The fraction of sp³-hybridized carbons (Fsp3) is 0.250. The number of ether oxygens (including phenoxy) is 1. The number of rotatable bonds is 4. The summed E-state index contributed by atoms with van der Waals surface area (Å²) in [6.07, 6.45) is 0. The lowest BCUT2D eigenvalue weighted by Gasteiger charge is -2.13. The molecule has 0 aliphatic rings. The first kappa shape index (κ1) is 13.9. The Morgan fingerprint density at radius 1 is 1.11 bits per heavy atom. The van der Waals surface area contributed by atoms with Gasteiger partial charge in [-0.3, -0.25) is 0 Å². The van der Waals surface area contributed by atoms with Crippen molar-refractivity contribution in [1.82, 2.24) is 0 Å². The Morgan fingerprint density at radius 2 is 1.89 bits per heavy atom. The highest BCUT2D eigenvalue weighted by Crippen LogP contribution is 2.24. The molecule has 19 heavy (non-hydrogen) atoms. The molecule has 2 rings (SSSR count). The second-order valence-electron chi connectivity index (χ2n) is 4.63. The Labute approximate surface area is 122 Å². The highest BCUT2D eigenvalue weighted by atomic mass is 79.9. The predicted molar refractivity (Wildman–Crippen MR) is 83.9 cm³/mol. The van der Waals surface area contributed by atoms with Gasteiger partial charge >= 0.3 is 0 Å². The molecule has 0 aromatic heterocycles. The number of hydrogen-bond acceptors (Lipinski definition) is 2. The molecule has 0 aliphatic heterocycles. The molecule has 0 saturated carbocycles. The first-order chi connectivity index (χ1) is 9.10. The number of anilines is 1. The average molecular weight is 320 g/mol. The summed E-state index contributed by atoms with van der Waals surface area (Å²) in [5.74, 6) is 0.922. The predicted octanol–water partition coefficient (Wildman–Crippen LogP) is 4.69. The van der Waals surface area contributed by atoms with Crippen molar-refractivity contribution >= 4 is 21.6 Å². The van der Waals surface area contributed by atoms with Crippen molar-refractivity contribution < 1.29 is 4.74 Å². The van der Waals surface area contributed by atoms with E-state index < -0.39 is 0 Å². The van der Waals surface area contributed by atoms with Crippen LogP contribution in [-0.4, -0.2) is 7.11 Å². The lowest BCUT2D eigenvalue weighted by atomic mass is 10.1. The fourth-order valence-electron chi connectivity index (χ4n) is 2.02.